The number of fused-ring (bicyclic) bond motifs is 4. The minimum absolute atomic E-state index is 0.386. The Bertz CT molecular complexity index is 3410. The van der Waals surface area contributed by atoms with E-state index in [-0.39, 0.29) is 0 Å². The summed E-state index contributed by atoms with van der Waals surface area (Å²) in [5.74, 6) is 2.87. The summed E-state index contributed by atoms with van der Waals surface area (Å²) in [4.78, 5) is 31.4. The first-order valence-electron chi connectivity index (χ1n) is 21.4. The van der Waals surface area contributed by atoms with Gasteiger partial charge in [0.15, 0.2) is 11.6 Å². The van der Waals surface area contributed by atoms with Crippen LogP contribution >= 0.6 is 0 Å². The second-order valence-corrected chi connectivity index (χ2v) is 16.0. The molecule has 8 heteroatoms. The van der Waals surface area contributed by atoms with Crippen LogP contribution in [0.15, 0.2) is 170 Å². The van der Waals surface area contributed by atoms with Gasteiger partial charge in [-0.05, 0) is 86.4 Å². The summed E-state index contributed by atoms with van der Waals surface area (Å²) in [5, 5.41) is 2.43. The van der Waals surface area contributed by atoms with Gasteiger partial charge in [-0.3, -0.25) is 9.13 Å². The number of hydrogen-bond acceptors (Lipinski definition) is 6. The first-order chi connectivity index (χ1) is 31.0. The first-order valence-corrected chi connectivity index (χ1v) is 21.4. The van der Waals surface area contributed by atoms with E-state index in [0.29, 0.717) is 40.3 Å². The highest BCUT2D eigenvalue weighted by Gasteiger charge is 2.23. The number of para-hydroxylation sites is 2. The molecule has 1 atom stereocenters. The highest BCUT2D eigenvalue weighted by molar-refractivity contribution is 5.93. The Labute approximate surface area is 365 Å². The molecule has 0 aliphatic heterocycles. The van der Waals surface area contributed by atoms with Crippen LogP contribution < -0.4 is 0 Å². The fourth-order valence-corrected chi connectivity index (χ4v) is 8.92. The lowest BCUT2D eigenvalue weighted by Gasteiger charge is -2.15. The number of hydrogen-bond donors (Lipinski definition) is 0. The predicted octanol–water partition coefficient (Wildman–Crippen LogP) is 12.8. The zero-order chi connectivity index (χ0) is 42.4. The molecule has 0 amide bonds. The second-order valence-electron chi connectivity index (χ2n) is 16.0. The largest absolute Gasteiger partial charge is 0.298 e. The van der Waals surface area contributed by atoms with Crippen molar-refractivity contribution < 1.29 is 0 Å². The molecule has 4 aromatic carbocycles. The van der Waals surface area contributed by atoms with Gasteiger partial charge < -0.3 is 0 Å². The molecule has 6 aromatic heterocycles. The number of allylic oxidation sites excluding steroid dienone is 2. The molecule has 0 fully saturated rings. The van der Waals surface area contributed by atoms with E-state index in [2.05, 4.69) is 132 Å². The van der Waals surface area contributed by atoms with Gasteiger partial charge in [0.2, 0.25) is 0 Å². The van der Waals surface area contributed by atoms with Gasteiger partial charge in [0.1, 0.15) is 11.6 Å². The highest BCUT2D eigenvalue weighted by atomic mass is 15.1. The fraction of sp³-hybridized carbons (Fsp3) is 0.0909. The standard InChI is InChI=1S/C55H42N8/c1-4-17-39-36(3)62(49-26-13-11-22-40(39)49)52-28-15-24-43(56-52)47-33-45(37-18-7-5-8-19-37)58-54(60-47)55-59-46(38-20-9-6-10-21-38)34-48(61-55)44-25-16-29-53(57-44)63-50-27-14-12-23-41(50)42-32-35(2)30-31-51(42)63/h4-31,33-35H,32H2,1-3H3/b17-4-. The van der Waals surface area contributed by atoms with Crippen LogP contribution in [-0.2, 0) is 6.42 Å². The molecule has 0 saturated carbocycles. The summed E-state index contributed by atoms with van der Waals surface area (Å²) in [6.45, 7) is 6.46. The van der Waals surface area contributed by atoms with Gasteiger partial charge in [-0.25, -0.2) is 29.9 Å². The van der Waals surface area contributed by atoms with E-state index in [1.54, 1.807) is 0 Å². The number of benzene rings is 4. The zero-order valence-electron chi connectivity index (χ0n) is 35.2. The average Bonchev–Trinajstić information content (AvgIpc) is 3.82. The Balaban J connectivity index is 1.08. The molecule has 0 radical (unpaired) electrons. The molecule has 0 saturated heterocycles. The molecule has 6 heterocycles. The molecule has 0 N–H and O–H groups in total. The maximum Gasteiger partial charge on any atom is 0.198 e. The van der Waals surface area contributed by atoms with Crippen LogP contribution in [0.5, 0.6) is 0 Å². The van der Waals surface area contributed by atoms with Gasteiger partial charge in [0.05, 0.1) is 50.9 Å². The molecule has 63 heavy (non-hydrogen) atoms. The van der Waals surface area contributed by atoms with Crippen molar-refractivity contribution in [3.8, 4) is 68.6 Å². The summed E-state index contributed by atoms with van der Waals surface area (Å²) in [6, 6.07) is 53.6. The summed E-state index contributed by atoms with van der Waals surface area (Å²) in [5.41, 5.74) is 13.1. The number of aromatic nitrogens is 8. The summed E-state index contributed by atoms with van der Waals surface area (Å²) < 4.78 is 4.49. The molecule has 0 spiro atoms. The Morgan fingerprint density at radius 2 is 1.02 bits per heavy atom. The van der Waals surface area contributed by atoms with Crippen molar-refractivity contribution in [1.82, 2.24) is 39.0 Å². The summed E-state index contributed by atoms with van der Waals surface area (Å²) in [6.07, 6.45) is 9.77. The number of pyridine rings is 2. The number of nitrogens with zero attached hydrogens (tertiary/aromatic N) is 8. The van der Waals surface area contributed by atoms with E-state index >= 15 is 0 Å². The third-order valence-electron chi connectivity index (χ3n) is 11.9. The molecule has 10 aromatic rings. The van der Waals surface area contributed by atoms with Gasteiger partial charge in [-0.1, -0.05) is 134 Å². The average molecular weight is 815 g/mol. The monoisotopic (exact) mass is 814 g/mol. The molecule has 302 valence electrons. The molecule has 1 unspecified atom stereocenters. The van der Waals surface area contributed by atoms with Crippen LogP contribution in [0, 0.1) is 12.8 Å². The van der Waals surface area contributed by atoms with Gasteiger partial charge in [0.25, 0.3) is 0 Å². The van der Waals surface area contributed by atoms with Crippen molar-refractivity contribution in [2.45, 2.75) is 27.2 Å². The van der Waals surface area contributed by atoms with Crippen molar-refractivity contribution in [3.63, 3.8) is 0 Å². The third-order valence-corrected chi connectivity index (χ3v) is 11.9. The van der Waals surface area contributed by atoms with Crippen molar-refractivity contribution in [3.05, 3.63) is 192 Å². The van der Waals surface area contributed by atoms with E-state index in [9.17, 15) is 0 Å². The maximum absolute atomic E-state index is 5.32. The molecular weight excluding hydrogens is 773 g/mol. The van der Waals surface area contributed by atoms with Crippen molar-refractivity contribution in [2.24, 2.45) is 5.92 Å². The number of rotatable bonds is 8. The Morgan fingerprint density at radius 1 is 0.508 bits per heavy atom. The molecule has 8 nitrogen and oxygen atoms in total. The molecule has 11 rings (SSSR count). The Morgan fingerprint density at radius 3 is 1.60 bits per heavy atom. The van der Waals surface area contributed by atoms with Crippen LogP contribution in [0.25, 0.3) is 103 Å². The smallest absolute Gasteiger partial charge is 0.198 e. The van der Waals surface area contributed by atoms with Crippen LogP contribution in [-0.4, -0.2) is 39.0 Å². The van der Waals surface area contributed by atoms with E-state index in [1.807, 2.05) is 79.7 Å². The minimum atomic E-state index is 0.386. The minimum Gasteiger partial charge on any atom is -0.298 e. The van der Waals surface area contributed by atoms with Crippen molar-refractivity contribution >= 4 is 34.0 Å². The third kappa shape index (κ3) is 6.82. The van der Waals surface area contributed by atoms with Crippen LogP contribution in [0.3, 0.4) is 0 Å². The Kier molecular flexibility index (Phi) is 9.46. The second kappa shape index (κ2) is 15.7. The summed E-state index contributed by atoms with van der Waals surface area (Å²) >= 11 is 0. The van der Waals surface area contributed by atoms with E-state index in [4.69, 9.17) is 29.9 Å². The van der Waals surface area contributed by atoms with Crippen molar-refractivity contribution in [2.75, 3.05) is 0 Å². The lowest BCUT2D eigenvalue weighted by molar-refractivity contribution is 0.717. The lowest BCUT2D eigenvalue weighted by atomic mass is 9.93. The van der Waals surface area contributed by atoms with Crippen molar-refractivity contribution in [1.29, 1.82) is 0 Å². The highest BCUT2D eigenvalue weighted by Crippen LogP contribution is 2.36. The molecular formula is C55H42N8. The molecule has 1 aliphatic rings. The molecule has 1 aliphatic carbocycles. The fourth-order valence-electron chi connectivity index (χ4n) is 8.92. The topological polar surface area (TPSA) is 87.2 Å². The predicted molar refractivity (Wildman–Crippen MR) is 255 cm³/mol. The summed E-state index contributed by atoms with van der Waals surface area (Å²) in [7, 11) is 0. The van der Waals surface area contributed by atoms with E-state index in [0.717, 1.165) is 57.3 Å². The first kappa shape index (κ1) is 37.9. The van der Waals surface area contributed by atoms with Crippen LogP contribution in [0.2, 0.25) is 0 Å². The van der Waals surface area contributed by atoms with Crippen LogP contribution in [0.4, 0.5) is 0 Å². The van der Waals surface area contributed by atoms with Gasteiger partial charge in [-0.2, -0.15) is 0 Å². The van der Waals surface area contributed by atoms with Gasteiger partial charge in [0, 0.05) is 33.2 Å². The molecule has 0 bridgehead atoms. The maximum atomic E-state index is 5.32. The quantitative estimate of drug-likeness (QED) is 0.152. The zero-order valence-corrected chi connectivity index (χ0v) is 35.2. The Hall–Kier alpha value is -8.10. The van der Waals surface area contributed by atoms with Gasteiger partial charge in [-0.15, -0.1) is 0 Å². The normalized spacial score (nSPS) is 13.6. The van der Waals surface area contributed by atoms with Gasteiger partial charge >= 0.3 is 0 Å². The lowest BCUT2D eigenvalue weighted by Crippen LogP contribution is -2.07. The van der Waals surface area contributed by atoms with E-state index < -0.39 is 0 Å². The van der Waals surface area contributed by atoms with Crippen LogP contribution in [0.1, 0.15) is 36.4 Å². The van der Waals surface area contributed by atoms with E-state index in [1.165, 1.54) is 27.6 Å². The SMILES string of the molecule is C/C=C\c1c(C)n(-c2cccc(-c3cc(-c4ccccc4)nc(-c4nc(-c5ccccc5)cc(-c5cccc(-n6c7c(c8ccccc86)CC(C)C=C7)n5)n4)n3)n2)c2ccccc12.